The molecule has 1 heterocycles. The smallest absolute Gasteiger partial charge is 0.223 e. The highest BCUT2D eigenvalue weighted by Crippen LogP contribution is 1.92. The fraction of sp³-hybridized carbons (Fsp3) is 0.667. The third-order valence-electron chi connectivity index (χ3n) is 1.10. The van der Waals surface area contributed by atoms with Gasteiger partial charge in [-0.3, -0.25) is 0 Å². The minimum atomic E-state index is 0.618. The van der Waals surface area contributed by atoms with Crippen LogP contribution in [0.15, 0.2) is 4.52 Å². The van der Waals surface area contributed by atoms with Gasteiger partial charge in [0.1, 0.15) is 0 Å². The number of aromatic nitrogens is 2. The van der Waals surface area contributed by atoms with Crippen molar-refractivity contribution in [1.29, 1.82) is 0 Å². The molecule has 0 aliphatic heterocycles. The number of hydrogen-bond acceptors (Lipinski definition) is 4. The molecule has 0 aromatic carbocycles. The van der Waals surface area contributed by atoms with Crippen molar-refractivity contribution in [3.63, 3.8) is 0 Å². The second kappa shape index (κ2) is 3.31. The Labute approximate surface area is 59.6 Å². The Balaban J connectivity index is 2.42. The van der Waals surface area contributed by atoms with Crippen molar-refractivity contribution < 1.29 is 4.52 Å². The van der Waals surface area contributed by atoms with Gasteiger partial charge in [0.05, 0.1) is 6.54 Å². The largest absolute Gasteiger partial charge is 0.340 e. The van der Waals surface area contributed by atoms with Gasteiger partial charge < -0.3 is 9.84 Å². The number of aryl methyl sites for hydroxylation is 1. The Morgan fingerprint density at radius 2 is 2.40 bits per heavy atom. The van der Waals surface area contributed by atoms with Crippen LogP contribution >= 0.6 is 0 Å². The Morgan fingerprint density at radius 3 is 2.90 bits per heavy atom. The highest BCUT2D eigenvalue weighted by Gasteiger charge is 1.98. The quantitative estimate of drug-likeness (QED) is 0.665. The maximum absolute atomic E-state index is 4.76. The molecule has 4 nitrogen and oxygen atoms in total. The number of nitrogens with zero attached hydrogens (tertiary/aromatic N) is 2. The molecule has 0 saturated heterocycles. The summed E-state index contributed by atoms with van der Waals surface area (Å²) in [6, 6.07) is 0. The molecule has 0 aliphatic carbocycles. The van der Waals surface area contributed by atoms with Crippen molar-refractivity contribution in [3.8, 4) is 0 Å². The molecule has 0 aliphatic rings. The fourth-order valence-corrected chi connectivity index (χ4v) is 0.650. The lowest BCUT2D eigenvalue weighted by Crippen LogP contribution is -2.12. The lowest BCUT2D eigenvalue weighted by molar-refractivity contribution is 0.385. The summed E-state index contributed by atoms with van der Waals surface area (Å²) in [6.45, 7) is 5.43. The van der Waals surface area contributed by atoms with Gasteiger partial charge in [-0.15, -0.1) is 0 Å². The standard InChI is InChI=1S/C6H11N3O/c1-3-7-4-6-8-5(2)10-9-6/h7H,3-4H2,1-2H3. The monoisotopic (exact) mass is 141 g/mol. The molecule has 0 unspecified atom stereocenters. The van der Waals surface area contributed by atoms with Gasteiger partial charge in [-0.05, 0) is 6.54 Å². The van der Waals surface area contributed by atoms with E-state index in [1.165, 1.54) is 0 Å². The molecule has 0 atom stereocenters. The molecule has 0 radical (unpaired) electrons. The summed E-state index contributed by atoms with van der Waals surface area (Å²) in [6.07, 6.45) is 0. The molecule has 1 rings (SSSR count). The van der Waals surface area contributed by atoms with Crippen LogP contribution in [0.5, 0.6) is 0 Å². The molecule has 1 N–H and O–H groups in total. The van der Waals surface area contributed by atoms with Gasteiger partial charge in [0.25, 0.3) is 0 Å². The normalized spacial score (nSPS) is 10.2. The van der Waals surface area contributed by atoms with Crippen LogP contribution in [0.4, 0.5) is 0 Å². The number of nitrogens with one attached hydrogen (secondary N) is 1. The Morgan fingerprint density at radius 1 is 1.60 bits per heavy atom. The summed E-state index contributed by atoms with van der Waals surface area (Å²) in [7, 11) is 0. The van der Waals surface area contributed by atoms with Crippen LogP contribution < -0.4 is 5.32 Å². The van der Waals surface area contributed by atoms with Crippen LogP contribution in [-0.4, -0.2) is 16.7 Å². The summed E-state index contributed by atoms with van der Waals surface area (Å²) < 4.78 is 4.76. The van der Waals surface area contributed by atoms with Gasteiger partial charge in [0.2, 0.25) is 5.89 Å². The summed E-state index contributed by atoms with van der Waals surface area (Å²) >= 11 is 0. The van der Waals surface area contributed by atoms with Crippen molar-refractivity contribution in [3.05, 3.63) is 11.7 Å². The first kappa shape index (κ1) is 7.21. The first-order valence-electron chi connectivity index (χ1n) is 3.33. The maximum Gasteiger partial charge on any atom is 0.223 e. The SMILES string of the molecule is CCNCc1noc(C)n1. The zero-order valence-corrected chi connectivity index (χ0v) is 6.22. The summed E-state index contributed by atoms with van der Waals surface area (Å²) in [5.74, 6) is 1.34. The Hall–Kier alpha value is -0.900. The topological polar surface area (TPSA) is 51.0 Å². The molecular formula is C6H11N3O. The van der Waals surface area contributed by atoms with E-state index in [-0.39, 0.29) is 0 Å². The van der Waals surface area contributed by atoms with E-state index < -0.39 is 0 Å². The van der Waals surface area contributed by atoms with E-state index in [9.17, 15) is 0 Å². The lowest BCUT2D eigenvalue weighted by atomic mass is 10.6. The Kier molecular flexibility index (Phi) is 2.39. The molecule has 56 valence electrons. The van der Waals surface area contributed by atoms with Gasteiger partial charge in [0, 0.05) is 6.92 Å². The van der Waals surface area contributed by atoms with Crippen LogP contribution in [0.2, 0.25) is 0 Å². The van der Waals surface area contributed by atoms with E-state index in [1.807, 2.05) is 6.92 Å². The molecule has 0 saturated carbocycles. The van der Waals surface area contributed by atoms with Crippen molar-refractivity contribution in [2.45, 2.75) is 20.4 Å². The molecule has 0 fully saturated rings. The highest BCUT2D eigenvalue weighted by atomic mass is 16.5. The van der Waals surface area contributed by atoms with Gasteiger partial charge in [0.15, 0.2) is 5.82 Å². The molecular weight excluding hydrogens is 130 g/mol. The van der Waals surface area contributed by atoms with Gasteiger partial charge >= 0.3 is 0 Å². The first-order valence-corrected chi connectivity index (χ1v) is 3.33. The molecule has 10 heavy (non-hydrogen) atoms. The van der Waals surface area contributed by atoms with E-state index in [4.69, 9.17) is 4.52 Å². The zero-order valence-electron chi connectivity index (χ0n) is 6.22. The van der Waals surface area contributed by atoms with E-state index in [0.29, 0.717) is 12.4 Å². The molecule has 0 amide bonds. The minimum Gasteiger partial charge on any atom is -0.340 e. The molecule has 1 aromatic heterocycles. The average Bonchev–Trinajstić information content (AvgIpc) is 2.31. The van der Waals surface area contributed by atoms with Crippen LogP contribution in [0.25, 0.3) is 0 Å². The second-order valence-electron chi connectivity index (χ2n) is 2.01. The predicted octanol–water partition coefficient (Wildman–Crippen LogP) is 0.488. The van der Waals surface area contributed by atoms with E-state index in [0.717, 1.165) is 12.4 Å². The Bertz CT molecular complexity index is 197. The first-order chi connectivity index (χ1) is 4.83. The second-order valence-corrected chi connectivity index (χ2v) is 2.01. The highest BCUT2D eigenvalue weighted by molar-refractivity contribution is 4.82. The molecule has 0 bridgehead atoms. The van der Waals surface area contributed by atoms with Gasteiger partial charge in [-0.2, -0.15) is 4.98 Å². The predicted molar refractivity (Wildman–Crippen MR) is 36.4 cm³/mol. The molecule has 0 spiro atoms. The average molecular weight is 141 g/mol. The zero-order chi connectivity index (χ0) is 7.40. The third kappa shape index (κ3) is 1.80. The fourth-order valence-electron chi connectivity index (χ4n) is 0.650. The van der Waals surface area contributed by atoms with Crippen LogP contribution in [-0.2, 0) is 6.54 Å². The minimum absolute atomic E-state index is 0.618. The summed E-state index contributed by atoms with van der Waals surface area (Å²) in [5.41, 5.74) is 0. The van der Waals surface area contributed by atoms with Gasteiger partial charge in [-0.25, -0.2) is 0 Å². The van der Waals surface area contributed by atoms with Crippen LogP contribution in [0.1, 0.15) is 18.6 Å². The maximum atomic E-state index is 4.76. The summed E-state index contributed by atoms with van der Waals surface area (Å²) in [4.78, 5) is 4.01. The lowest BCUT2D eigenvalue weighted by Gasteiger charge is -1.91. The third-order valence-corrected chi connectivity index (χ3v) is 1.10. The van der Waals surface area contributed by atoms with Crippen molar-refractivity contribution in [1.82, 2.24) is 15.5 Å². The van der Waals surface area contributed by atoms with Crippen molar-refractivity contribution in [2.75, 3.05) is 6.54 Å². The van der Waals surface area contributed by atoms with Crippen molar-refractivity contribution in [2.24, 2.45) is 0 Å². The number of hydrogen-bond donors (Lipinski definition) is 1. The molecule has 4 heteroatoms. The van der Waals surface area contributed by atoms with Crippen LogP contribution in [0.3, 0.4) is 0 Å². The number of rotatable bonds is 3. The van der Waals surface area contributed by atoms with E-state index in [2.05, 4.69) is 15.5 Å². The van der Waals surface area contributed by atoms with Crippen molar-refractivity contribution >= 4 is 0 Å². The molecule has 1 aromatic rings. The van der Waals surface area contributed by atoms with Gasteiger partial charge in [-0.1, -0.05) is 12.1 Å². The summed E-state index contributed by atoms with van der Waals surface area (Å²) in [5, 5.41) is 6.80. The van der Waals surface area contributed by atoms with E-state index in [1.54, 1.807) is 6.92 Å². The van der Waals surface area contributed by atoms with E-state index >= 15 is 0 Å². The van der Waals surface area contributed by atoms with Crippen LogP contribution in [0, 0.1) is 6.92 Å².